The molecule has 5 rings (SSSR count). The van der Waals surface area contributed by atoms with Crippen LogP contribution in [-0.2, 0) is 16.0 Å². The molecule has 0 saturated carbocycles. The third-order valence-corrected chi connectivity index (χ3v) is 7.18. The quantitative estimate of drug-likeness (QED) is 0.196. The first kappa shape index (κ1) is 29.8. The van der Waals surface area contributed by atoms with Crippen LogP contribution in [0.1, 0.15) is 54.7 Å². The molecule has 1 aliphatic heterocycles. The van der Waals surface area contributed by atoms with E-state index < -0.39 is 11.6 Å². The summed E-state index contributed by atoms with van der Waals surface area (Å²) in [6.07, 6.45) is -0.260. The fourth-order valence-corrected chi connectivity index (χ4v) is 5.10. The van der Waals surface area contributed by atoms with Crippen LogP contribution >= 0.6 is 0 Å². The van der Waals surface area contributed by atoms with Crippen molar-refractivity contribution < 1.29 is 24.2 Å². The van der Waals surface area contributed by atoms with E-state index in [4.69, 9.17) is 14.5 Å². The number of fused-ring (bicyclic) bond motifs is 1. The average Bonchev–Trinajstić information content (AvgIpc) is 3.31. The Balaban J connectivity index is 1.35. The molecule has 0 aliphatic carbocycles. The Hall–Kier alpha value is -4.63. The Morgan fingerprint density at radius 3 is 2.28 bits per heavy atom. The molecule has 1 fully saturated rings. The van der Waals surface area contributed by atoms with Gasteiger partial charge in [-0.2, -0.15) is 0 Å². The highest BCUT2D eigenvalue weighted by Gasteiger charge is 2.26. The van der Waals surface area contributed by atoms with Crippen LogP contribution in [0.3, 0.4) is 0 Å². The van der Waals surface area contributed by atoms with E-state index in [-0.39, 0.29) is 18.6 Å². The predicted octanol–water partition coefficient (Wildman–Crippen LogP) is 6.27. The number of ether oxygens (including phenoxy) is 2. The second-order valence-electron chi connectivity index (χ2n) is 11.6. The van der Waals surface area contributed by atoms with E-state index in [1.807, 2.05) is 63.2 Å². The van der Waals surface area contributed by atoms with Crippen molar-refractivity contribution in [1.29, 1.82) is 0 Å². The summed E-state index contributed by atoms with van der Waals surface area (Å²) in [4.78, 5) is 36.7. The van der Waals surface area contributed by atoms with Gasteiger partial charge in [0.1, 0.15) is 5.60 Å². The number of H-pyrrole nitrogens is 1. The molecule has 9 nitrogen and oxygen atoms in total. The molecule has 4 aromatic rings. The number of aromatic amines is 1. The lowest BCUT2D eigenvalue weighted by atomic mass is 10.00. The van der Waals surface area contributed by atoms with Crippen molar-refractivity contribution in [2.45, 2.75) is 39.8 Å². The number of carbonyl (C=O) groups excluding carboxylic acids is 2. The molecule has 2 heterocycles. The number of piperazine rings is 1. The number of aromatic nitrogens is 1. The number of hydrogen-bond donors (Lipinski definition) is 2. The number of aliphatic imine (C=N–C) groups is 1. The van der Waals surface area contributed by atoms with Crippen LogP contribution in [0.5, 0.6) is 5.88 Å². The Bertz CT molecular complexity index is 1610. The molecule has 0 unspecified atom stereocenters. The molecule has 1 amide bonds. The van der Waals surface area contributed by atoms with Gasteiger partial charge in [-0.25, -0.2) is 14.6 Å². The van der Waals surface area contributed by atoms with Gasteiger partial charge in [-0.1, -0.05) is 48.5 Å². The monoisotopic (exact) mass is 582 g/mol. The number of esters is 1. The van der Waals surface area contributed by atoms with E-state index >= 15 is 0 Å². The Kier molecular flexibility index (Phi) is 8.82. The second-order valence-corrected chi connectivity index (χ2v) is 11.6. The first-order valence-corrected chi connectivity index (χ1v) is 14.6. The normalized spacial score (nSPS) is 14.6. The van der Waals surface area contributed by atoms with E-state index in [0.717, 1.165) is 41.8 Å². The molecule has 1 saturated heterocycles. The van der Waals surface area contributed by atoms with Gasteiger partial charge in [0, 0.05) is 49.2 Å². The molecule has 0 radical (unpaired) electrons. The van der Waals surface area contributed by atoms with Gasteiger partial charge in [-0.15, -0.1) is 0 Å². The van der Waals surface area contributed by atoms with Gasteiger partial charge < -0.3 is 24.5 Å². The maximum absolute atomic E-state index is 12.4. The first-order chi connectivity index (χ1) is 20.6. The molecule has 1 aromatic heterocycles. The zero-order chi connectivity index (χ0) is 30.6. The number of nitrogens with zero attached hydrogens (tertiary/aromatic N) is 3. The van der Waals surface area contributed by atoms with Gasteiger partial charge in [-0.3, -0.25) is 4.90 Å². The van der Waals surface area contributed by atoms with E-state index in [0.29, 0.717) is 35.4 Å². The summed E-state index contributed by atoms with van der Waals surface area (Å²) in [5.41, 5.74) is 4.43. The number of nitrogens with one attached hydrogen (secondary N) is 1. The molecule has 43 heavy (non-hydrogen) atoms. The van der Waals surface area contributed by atoms with Crippen molar-refractivity contribution in [3.8, 4) is 5.88 Å². The van der Waals surface area contributed by atoms with Gasteiger partial charge in [0.05, 0.1) is 29.1 Å². The zero-order valence-corrected chi connectivity index (χ0v) is 25.1. The van der Waals surface area contributed by atoms with Crippen molar-refractivity contribution >= 4 is 34.4 Å². The third kappa shape index (κ3) is 7.24. The summed E-state index contributed by atoms with van der Waals surface area (Å²) in [7, 11) is 0. The number of carbonyl (C=O) groups is 2. The second kappa shape index (κ2) is 12.7. The topological polar surface area (TPSA) is 107 Å². The highest BCUT2D eigenvalue weighted by atomic mass is 16.6. The summed E-state index contributed by atoms with van der Waals surface area (Å²) >= 11 is 0. The molecule has 0 bridgehead atoms. The third-order valence-electron chi connectivity index (χ3n) is 7.18. The van der Waals surface area contributed by atoms with Crippen LogP contribution in [0.4, 0.5) is 10.5 Å². The van der Waals surface area contributed by atoms with Crippen LogP contribution in [0.25, 0.3) is 10.9 Å². The largest absolute Gasteiger partial charge is 0.494 e. The Morgan fingerprint density at radius 1 is 0.930 bits per heavy atom. The zero-order valence-electron chi connectivity index (χ0n) is 25.1. The summed E-state index contributed by atoms with van der Waals surface area (Å²) in [5.74, 6) is -0.442. The minimum absolute atomic E-state index is 0.0271. The lowest BCUT2D eigenvalue weighted by Crippen LogP contribution is -2.49. The number of aromatic hydroxyl groups is 1. The molecule has 3 aromatic carbocycles. The van der Waals surface area contributed by atoms with Gasteiger partial charge in [0.15, 0.2) is 5.88 Å². The van der Waals surface area contributed by atoms with E-state index in [2.05, 4.69) is 22.0 Å². The van der Waals surface area contributed by atoms with E-state index in [9.17, 15) is 14.7 Å². The molecule has 224 valence electrons. The minimum atomic E-state index is -0.501. The molecular weight excluding hydrogens is 544 g/mol. The Labute approximate surface area is 251 Å². The molecule has 0 spiro atoms. The van der Waals surface area contributed by atoms with Gasteiger partial charge in [0.25, 0.3) is 0 Å². The summed E-state index contributed by atoms with van der Waals surface area (Å²) < 4.78 is 10.6. The molecule has 0 atom stereocenters. The number of hydrogen-bond acceptors (Lipinski definition) is 7. The molecule has 2 N–H and O–H groups in total. The predicted molar refractivity (Wildman–Crippen MR) is 167 cm³/mol. The van der Waals surface area contributed by atoms with Gasteiger partial charge in [-0.05, 0) is 57.5 Å². The van der Waals surface area contributed by atoms with Crippen molar-refractivity contribution in [1.82, 2.24) is 14.8 Å². The van der Waals surface area contributed by atoms with Crippen LogP contribution in [0.15, 0.2) is 77.8 Å². The van der Waals surface area contributed by atoms with Crippen LogP contribution in [-0.4, -0.2) is 76.1 Å². The molecule has 9 heteroatoms. The maximum atomic E-state index is 12.4. The van der Waals surface area contributed by atoms with Crippen molar-refractivity contribution in [2.24, 2.45) is 4.99 Å². The van der Waals surface area contributed by atoms with Crippen molar-refractivity contribution in [2.75, 3.05) is 32.8 Å². The first-order valence-electron chi connectivity index (χ1n) is 14.6. The fourth-order valence-electron chi connectivity index (χ4n) is 5.10. The number of rotatable bonds is 7. The summed E-state index contributed by atoms with van der Waals surface area (Å²) in [6.45, 7) is 11.3. The van der Waals surface area contributed by atoms with Crippen LogP contribution in [0.2, 0.25) is 0 Å². The van der Waals surface area contributed by atoms with Gasteiger partial charge >= 0.3 is 12.1 Å². The SMILES string of the molecule is CCOC(=O)c1ccc2c(C(=Nc3ccc(CN4CCN(C(=O)OC(C)(C)C)CC4)cc3)c3ccccc3)c(O)[nH]c2c1. The minimum Gasteiger partial charge on any atom is -0.494 e. The Morgan fingerprint density at radius 2 is 1.63 bits per heavy atom. The van der Waals surface area contributed by atoms with E-state index in [1.165, 1.54) is 0 Å². The number of amides is 1. The van der Waals surface area contributed by atoms with E-state index in [1.54, 1.807) is 30.0 Å². The molecule has 1 aliphatic rings. The fraction of sp³-hybridized carbons (Fsp3) is 0.324. The highest BCUT2D eigenvalue weighted by molar-refractivity contribution is 6.22. The van der Waals surface area contributed by atoms with Crippen molar-refractivity contribution in [3.63, 3.8) is 0 Å². The highest BCUT2D eigenvalue weighted by Crippen LogP contribution is 2.32. The maximum Gasteiger partial charge on any atom is 0.410 e. The lowest BCUT2D eigenvalue weighted by Gasteiger charge is -2.35. The van der Waals surface area contributed by atoms with Crippen LogP contribution in [0, 0.1) is 0 Å². The molecular formula is C34H38N4O5. The van der Waals surface area contributed by atoms with Gasteiger partial charge in [0.2, 0.25) is 0 Å². The van der Waals surface area contributed by atoms with Crippen LogP contribution < -0.4 is 0 Å². The summed E-state index contributed by atoms with van der Waals surface area (Å²) in [5, 5.41) is 11.8. The van der Waals surface area contributed by atoms with Crippen molar-refractivity contribution in [3.05, 3.63) is 95.1 Å². The smallest absolute Gasteiger partial charge is 0.410 e. The number of benzene rings is 3. The lowest BCUT2D eigenvalue weighted by molar-refractivity contribution is 0.0139. The summed E-state index contributed by atoms with van der Waals surface area (Å²) in [6, 6.07) is 22.9. The average molecular weight is 583 g/mol. The standard InChI is InChI=1S/C34H38N4O5/c1-5-42-32(40)25-13-16-27-28(21-25)36-31(39)29(27)30(24-9-7-6-8-10-24)35-26-14-11-23(12-15-26)22-37-17-19-38(20-18-37)33(41)43-34(2,3)4/h6-16,21,36,39H,5,17-20,22H2,1-4H3.